The highest BCUT2D eigenvalue weighted by Gasteiger charge is 2.23. The quantitative estimate of drug-likeness (QED) is 0.728. The summed E-state index contributed by atoms with van der Waals surface area (Å²) in [6.07, 6.45) is 0. The van der Waals surface area contributed by atoms with E-state index in [1.54, 1.807) is 12.1 Å². The molecule has 0 radical (unpaired) electrons. The Labute approximate surface area is 182 Å². The predicted octanol–water partition coefficient (Wildman–Crippen LogP) is 3.27. The van der Waals surface area contributed by atoms with E-state index >= 15 is 0 Å². The molecule has 1 amide bonds. The molecule has 5 nitrogen and oxygen atoms in total. The summed E-state index contributed by atoms with van der Waals surface area (Å²) in [4.78, 5) is 19.4. The van der Waals surface area contributed by atoms with E-state index in [4.69, 9.17) is 16.3 Å². The first-order chi connectivity index (χ1) is 14.6. The molecule has 2 aromatic carbocycles. The first-order valence-corrected chi connectivity index (χ1v) is 10.8. The van der Waals surface area contributed by atoms with E-state index in [0.717, 1.165) is 44.0 Å². The maximum atomic E-state index is 14.1. The normalized spacial score (nSPS) is 18.5. The summed E-state index contributed by atoms with van der Waals surface area (Å²) in [5.74, 6) is -0.222. The minimum absolute atomic E-state index is 0.0578. The minimum atomic E-state index is -0.280. The Morgan fingerprint density at radius 1 is 0.933 bits per heavy atom. The van der Waals surface area contributed by atoms with Crippen molar-refractivity contribution in [2.75, 3.05) is 52.5 Å². The van der Waals surface area contributed by atoms with Gasteiger partial charge in [0.25, 0.3) is 5.91 Å². The van der Waals surface area contributed by atoms with Crippen LogP contribution < -0.4 is 0 Å². The van der Waals surface area contributed by atoms with Crippen molar-refractivity contribution in [3.05, 3.63) is 70.0 Å². The standard InChI is InChI=1S/C23H27ClFN3O2/c24-21-5-2-6-22(25)20(21)17-26-7-9-28(10-8-26)23(29)19-4-1-3-18(15-19)16-27-11-13-30-14-12-27/h1-6,15H,7-14,16-17H2. The summed E-state index contributed by atoms with van der Waals surface area (Å²) < 4.78 is 19.5. The fourth-order valence-corrected chi connectivity index (χ4v) is 4.24. The molecule has 160 valence electrons. The van der Waals surface area contributed by atoms with Crippen LogP contribution in [0, 0.1) is 5.82 Å². The van der Waals surface area contributed by atoms with Gasteiger partial charge in [0.2, 0.25) is 0 Å². The van der Waals surface area contributed by atoms with E-state index in [1.807, 2.05) is 23.1 Å². The SMILES string of the molecule is O=C(c1cccc(CN2CCOCC2)c1)N1CCN(Cc2c(F)cccc2Cl)CC1. The van der Waals surface area contributed by atoms with Gasteiger partial charge in [-0.05, 0) is 29.8 Å². The third-order valence-electron chi connectivity index (χ3n) is 5.79. The summed E-state index contributed by atoms with van der Waals surface area (Å²) in [5.41, 5.74) is 2.40. The molecule has 0 saturated carbocycles. The van der Waals surface area contributed by atoms with Crippen molar-refractivity contribution in [3.63, 3.8) is 0 Å². The van der Waals surface area contributed by atoms with Gasteiger partial charge >= 0.3 is 0 Å². The van der Waals surface area contributed by atoms with Gasteiger partial charge in [-0.25, -0.2) is 4.39 Å². The molecule has 7 heteroatoms. The van der Waals surface area contributed by atoms with E-state index < -0.39 is 0 Å². The fourth-order valence-electron chi connectivity index (χ4n) is 4.02. The van der Waals surface area contributed by atoms with Crippen LogP contribution in [0.2, 0.25) is 5.02 Å². The Kier molecular flexibility index (Phi) is 7.00. The highest BCUT2D eigenvalue weighted by molar-refractivity contribution is 6.31. The second kappa shape index (κ2) is 9.88. The Hall–Kier alpha value is -1.99. The number of morpholine rings is 1. The van der Waals surface area contributed by atoms with Crippen molar-refractivity contribution >= 4 is 17.5 Å². The molecule has 0 unspecified atom stereocenters. The van der Waals surface area contributed by atoms with Gasteiger partial charge in [0.1, 0.15) is 5.82 Å². The summed E-state index contributed by atoms with van der Waals surface area (Å²) in [6.45, 7) is 7.31. The monoisotopic (exact) mass is 431 g/mol. The van der Waals surface area contributed by atoms with Crippen LogP contribution in [0.4, 0.5) is 4.39 Å². The number of hydrogen-bond acceptors (Lipinski definition) is 4. The predicted molar refractivity (Wildman–Crippen MR) is 115 cm³/mol. The molecular weight excluding hydrogens is 405 g/mol. The number of piperazine rings is 1. The topological polar surface area (TPSA) is 36.0 Å². The highest BCUT2D eigenvalue weighted by Crippen LogP contribution is 2.22. The fraction of sp³-hybridized carbons (Fsp3) is 0.435. The number of carbonyl (C=O) groups excluding carboxylic acids is 1. The van der Waals surface area contributed by atoms with Gasteiger partial charge in [-0.3, -0.25) is 14.6 Å². The molecule has 2 saturated heterocycles. The Bertz CT molecular complexity index is 860. The maximum absolute atomic E-state index is 14.1. The zero-order valence-corrected chi connectivity index (χ0v) is 17.8. The summed E-state index contributed by atoms with van der Waals surface area (Å²) >= 11 is 6.15. The lowest BCUT2D eigenvalue weighted by molar-refractivity contribution is 0.0341. The highest BCUT2D eigenvalue weighted by atomic mass is 35.5. The molecule has 2 aliphatic rings. The molecule has 2 aliphatic heterocycles. The Morgan fingerprint density at radius 2 is 1.63 bits per heavy atom. The van der Waals surface area contributed by atoms with Crippen LogP contribution in [-0.4, -0.2) is 73.1 Å². The number of hydrogen-bond donors (Lipinski definition) is 0. The minimum Gasteiger partial charge on any atom is -0.379 e. The van der Waals surface area contributed by atoms with Gasteiger partial charge in [0, 0.05) is 68.5 Å². The van der Waals surface area contributed by atoms with Crippen LogP contribution in [0.1, 0.15) is 21.5 Å². The second-order valence-electron chi connectivity index (χ2n) is 7.86. The second-order valence-corrected chi connectivity index (χ2v) is 8.26. The summed E-state index contributed by atoms with van der Waals surface area (Å²) in [5, 5.41) is 0.450. The average molecular weight is 432 g/mol. The zero-order chi connectivity index (χ0) is 20.9. The number of ether oxygens (including phenoxy) is 1. The van der Waals surface area contributed by atoms with E-state index in [-0.39, 0.29) is 11.7 Å². The molecule has 0 aliphatic carbocycles. The van der Waals surface area contributed by atoms with Crippen molar-refractivity contribution in [3.8, 4) is 0 Å². The first-order valence-electron chi connectivity index (χ1n) is 10.4. The van der Waals surface area contributed by atoms with Crippen molar-refractivity contribution in [1.82, 2.24) is 14.7 Å². The van der Waals surface area contributed by atoms with E-state index in [1.165, 1.54) is 6.07 Å². The molecule has 2 aromatic rings. The molecule has 0 spiro atoms. The smallest absolute Gasteiger partial charge is 0.253 e. The number of benzene rings is 2. The number of halogens is 2. The third-order valence-corrected chi connectivity index (χ3v) is 6.14. The molecule has 4 rings (SSSR count). The first kappa shape index (κ1) is 21.2. The van der Waals surface area contributed by atoms with Gasteiger partial charge in [-0.2, -0.15) is 0 Å². The number of nitrogens with zero attached hydrogens (tertiary/aromatic N) is 3. The zero-order valence-electron chi connectivity index (χ0n) is 17.0. The van der Waals surface area contributed by atoms with Crippen LogP contribution in [0.3, 0.4) is 0 Å². The number of rotatable bonds is 5. The maximum Gasteiger partial charge on any atom is 0.253 e. The molecular formula is C23H27ClFN3O2. The molecule has 30 heavy (non-hydrogen) atoms. The lowest BCUT2D eigenvalue weighted by Crippen LogP contribution is -2.48. The summed E-state index contributed by atoms with van der Waals surface area (Å²) in [6, 6.07) is 12.7. The van der Waals surface area contributed by atoms with Crippen molar-refractivity contribution < 1.29 is 13.9 Å². The van der Waals surface area contributed by atoms with E-state index in [9.17, 15) is 9.18 Å². The lowest BCUT2D eigenvalue weighted by Gasteiger charge is -2.35. The Balaban J connectivity index is 1.33. The Morgan fingerprint density at radius 3 is 2.37 bits per heavy atom. The third kappa shape index (κ3) is 5.19. The molecule has 0 aromatic heterocycles. The van der Waals surface area contributed by atoms with Gasteiger partial charge in [-0.15, -0.1) is 0 Å². The summed E-state index contributed by atoms with van der Waals surface area (Å²) in [7, 11) is 0. The average Bonchev–Trinajstić information content (AvgIpc) is 2.77. The van der Waals surface area contributed by atoms with Crippen LogP contribution >= 0.6 is 11.6 Å². The van der Waals surface area contributed by atoms with Crippen LogP contribution in [0.15, 0.2) is 42.5 Å². The van der Waals surface area contributed by atoms with Crippen molar-refractivity contribution in [1.29, 1.82) is 0 Å². The van der Waals surface area contributed by atoms with Crippen LogP contribution in [-0.2, 0) is 17.8 Å². The molecule has 0 bridgehead atoms. The molecule has 0 N–H and O–H groups in total. The van der Waals surface area contributed by atoms with Gasteiger partial charge in [0.05, 0.1) is 13.2 Å². The molecule has 2 heterocycles. The van der Waals surface area contributed by atoms with Crippen LogP contribution in [0.25, 0.3) is 0 Å². The van der Waals surface area contributed by atoms with Crippen molar-refractivity contribution in [2.24, 2.45) is 0 Å². The lowest BCUT2D eigenvalue weighted by atomic mass is 10.1. The van der Waals surface area contributed by atoms with E-state index in [0.29, 0.717) is 43.3 Å². The van der Waals surface area contributed by atoms with E-state index in [2.05, 4.69) is 15.9 Å². The van der Waals surface area contributed by atoms with Crippen molar-refractivity contribution in [2.45, 2.75) is 13.1 Å². The number of amides is 1. The van der Waals surface area contributed by atoms with Gasteiger partial charge in [0.15, 0.2) is 0 Å². The van der Waals surface area contributed by atoms with Crippen LogP contribution in [0.5, 0.6) is 0 Å². The molecule has 0 atom stereocenters. The largest absolute Gasteiger partial charge is 0.379 e. The molecule has 2 fully saturated rings. The number of carbonyl (C=O) groups is 1. The van der Waals surface area contributed by atoms with Gasteiger partial charge < -0.3 is 9.64 Å². The van der Waals surface area contributed by atoms with Gasteiger partial charge in [-0.1, -0.05) is 29.8 Å².